The number of aromatic nitrogens is 4. The molecule has 3 aromatic rings. The molecular weight excluding hydrogens is 218 g/mol. The molecule has 5 N–H and O–H groups in total. The average molecular weight is 229 g/mol. The topological polar surface area (TPSA) is 103 Å². The molecule has 2 aromatic heterocycles. The minimum Gasteiger partial charge on any atom is -0.347 e. The number of hydrogen-bond acceptors (Lipinski definition) is 3. The highest BCUT2D eigenvalue weighted by atomic mass is 16.1. The van der Waals surface area contributed by atoms with Crippen LogP contribution in [0.4, 0.5) is 0 Å². The number of benzene rings is 1. The van der Waals surface area contributed by atoms with Gasteiger partial charge in [-0.2, -0.15) is 0 Å². The number of H-pyrrole nitrogens is 3. The number of aromatic amines is 3. The Kier molecular flexibility index (Phi) is 2.09. The molecule has 0 amide bonds. The van der Waals surface area contributed by atoms with E-state index in [9.17, 15) is 4.79 Å². The summed E-state index contributed by atoms with van der Waals surface area (Å²) in [6, 6.07) is 5.22. The van der Waals surface area contributed by atoms with Gasteiger partial charge in [0.25, 0.3) is 0 Å². The molecule has 0 fully saturated rings. The number of fused-ring (bicyclic) bond motifs is 1. The van der Waals surface area contributed by atoms with Crippen LogP contribution >= 0.6 is 0 Å². The lowest BCUT2D eigenvalue weighted by Gasteiger charge is -2.08. The minimum absolute atomic E-state index is 0.219. The number of rotatable bonds is 2. The molecule has 0 saturated carbocycles. The predicted molar refractivity (Wildman–Crippen MR) is 63.5 cm³/mol. The largest absolute Gasteiger partial charge is 0.347 e. The SMILES string of the molecule is NC(c1ccc2[nH]c(=O)[nH]c2c1)c1ncc[nH]1. The molecule has 0 radical (unpaired) electrons. The van der Waals surface area contributed by atoms with Crippen LogP contribution in [-0.2, 0) is 0 Å². The van der Waals surface area contributed by atoms with Gasteiger partial charge in [-0.3, -0.25) is 0 Å². The first kappa shape index (κ1) is 9.86. The summed E-state index contributed by atoms with van der Waals surface area (Å²) in [6.07, 6.45) is 3.39. The Balaban J connectivity index is 2.08. The van der Waals surface area contributed by atoms with Gasteiger partial charge in [0.1, 0.15) is 5.82 Å². The fourth-order valence-electron chi connectivity index (χ4n) is 1.85. The van der Waals surface area contributed by atoms with Gasteiger partial charge in [0, 0.05) is 12.4 Å². The quantitative estimate of drug-likeness (QED) is 0.518. The Morgan fingerprint density at radius 1 is 1.24 bits per heavy atom. The molecule has 0 spiro atoms. The Morgan fingerprint density at radius 3 is 2.82 bits per heavy atom. The smallest absolute Gasteiger partial charge is 0.323 e. The third-order valence-electron chi connectivity index (χ3n) is 2.71. The van der Waals surface area contributed by atoms with Gasteiger partial charge in [0.05, 0.1) is 17.1 Å². The van der Waals surface area contributed by atoms with Crippen molar-refractivity contribution >= 4 is 11.0 Å². The number of imidazole rings is 2. The van der Waals surface area contributed by atoms with E-state index in [1.165, 1.54) is 0 Å². The number of nitrogens with one attached hydrogen (secondary N) is 3. The van der Waals surface area contributed by atoms with E-state index in [1.54, 1.807) is 12.4 Å². The maximum Gasteiger partial charge on any atom is 0.323 e. The highest BCUT2D eigenvalue weighted by Crippen LogP contribution is 2.19. The summed E-state index contributed by atoms with van der Waals surface area (Å²) in [5.41, 5.74) is 8.25. The summed E-state index contributed by atoms with van der Waals surface area (Å²) in [5, 5.41) is 0. The van der Waals surface area contributed by atoms with Gasteiger partial charge in [-0.1, -0.05) is 6.07 Å². The van der Waals surface area contributed by atoms with E-state index in [4.69, 9.17) is 5.73 Å². The zero-order valence-electron chi connectivity index (χ0n) is 8.90. The van der Waals surface area contributed by atoms with E-state index < -0.39 is 0 Å². The van der Waals surface area contributed by atoms with E-state index in [0.717, 1.165) is 16.6 Å². The fraction of sp³-hybridized carbons (Fsp3) is 0.0909. The van der Waals surface area contributed by atoms with E-state index in [0.29, 0.717) is 5.82 Å². The van der Waals surface area contributed by atoms with Gasteiger partial charge in [0.15, 0.2) is 0 Å². The van der Waals surface area contributed by atoms with Gasteiger partial charge < -0.3 is 20.7 Å². The van der Waals surface area contributed by atoms with Crippen LogP contribution in [0.5, 0.6) is 0 Å². The number of nitrogens with zero attached hydrogens (tertiary/aromatic N) is 1. The predicted octanol–water partition coefficient (Wildman–Crippen LogP) is 0.627. The first-order valence-electron chi connectivity index (χ1n) is 5.21. The van der Waals surface area contributed by atoms with Crippen molar-refractivity contribution in [3.63, 3.8) is 0 Å². The monoisotopic (exact) mass is 229 g/mol. The normalized spacial score (nSPS) is 13.0. The maximum absolute atomic E-state index is 11.1. The highest BCUT2D eigenvalue weighted by Gasteiger charge is 2.11. The summed E-state index contributed by atoms with van der Waals surface area (Å²) in [6.45, 7) is 0. The van der Waals surface area contributed by atoms with Crippen LogP contribution in [-0.4, -0.2) is 19.9 Å². The van der Waals surface area contributed by atoms with Crippen molar-refractivity contribution in [2.75, 3.05) is 0 Å². The lowest BCUT2D eigenvalue weighted by molar-refractivity contribution is 0.802. The van der Waals surface area contributed by atoms with Gasteiger partial charge in [-0.05, 0) is 17.7 Å². The molecule has 6 heteroatoms. The zero-order chi connectivity index (χ0) is 11.8. The molecule has 1 atom stereocenters. The summed E-state index contributed by atoms with van der Waals surface area (Å²) in [7, 11) is 0. The molecule has 0 saturated heterocycles. The summed E-state index contributed by atoms with van der Waals surface area (Å²) >= 11 is 0. The molecule has 3 rings (SSSR count). The van der Waals surface area contributed by atoms with Crippen molar-refractivity contribution in [3.05, 3.63) is 52.5 Å². The Hall–Kier alpha value is -2.34. The standard InChI is InChI=1S/C11H11N5O/c12-9(10-13-3-4-14-10)6-1-2-7-8(5-6)16-11(17)15-7/h1-5,9H,12H2,(H,13,14)(H2,15,16,17). The van der Waals surface area contributed by atoms with Crippen LogP contribution in [0.25, 0.3) is 11.0 Å². The second kappa shape index (κ2) is 3.60. The third-order valence-corrected chi connectivity index (χ3v) is 2.71. The molecule has 2 heterocycles. The van der Waals surface area contributed by atoms with Gasteiger partial charge in [-0.15, -0.1) is 0 Å². The number of nitrogens with two attached hydrogens (primary N) is 1. The molecule has 0 bridgehead atoms. The summed E-state index contributed by atoms with van der Waals surface area (Å²) < 4.78 is 0. The molecule has 0 aliphatic carbocycles. The van der Waals surface area contributed by atoms with Crippen LogP contribution in [0.3, 0.4) is 0 Å². The van der Waals surface area contributed by atoms with E-state index in [1.807, 2.05) is 18.2 Å². The molecule has 0 aliphatic rings. The molecule has 6 nitrogen and oxygen atoms in total. The van der Waals surface area contributed by atoms with Gasteiger partial charge >= 0.3 is 5.69 Å². The average Bonchev–Trinajstić information content (AvgIpc) is 2.94. The zero-order valence-corrected chi connectivity index (χ0v) is 8.90. The van der Waals surface area contributed by atoms with Crippen LogP contribution in [0.1, 0.15) is 17.4 Å². The van der Waals surface area contributed by atoms with Crippen LogP contribution in [0, 0.1) is 0 Å². The van der Waals surface area contributed by atoms with Crippen molar-refractivity contribution in [1.82, 2.24) is 19.9 Å². The van der Waals surface area contributed by atoms with Crippen molar-refractivity contribution in [3.8, 4) is 0 Å². The second-order valence-corrected chi connectivity index (χ2v) is 3.84. The van der Waals surface area contributed by atoms with Crippen molar-refractivity contribution < 1.29 is 0 Å². The summed E-state index contributed by atoms with van der Waals surface area (Å²) in [4.78, 5) is 23.6. The lowest BCUT2D eigenvalue weighted by Crippen LogP contribution is -2.13. The third kappa shape index (κ3) is 1.64. The van der Waals surface area contributed by atoms with Crippen molar-refractivity contribution in [1.29, 1.82) is 0 Å². The Labute approximate surface area is 95.9 Å². The van der Waals surface area contributed by atoms with Crippen LogP contribution in [0.15, 0.2) is 35.4 Å². The van der Waals surface area contributed by atoms with Gasteiger partial charge in [0.2, 0.25) is 0 Å². The molecule has 0 aliphatic heterocycles. The maximum atomic E-state index is 11.1. The Bertz CT molecular complexity index is 694. The van der Waals surface area contributed by atoms with E-state index in [-0.39, 0.29) is 11.7 Å². The van der Waals surface area contributed by atoms with E-state index >= 15 is 0 Å². The van der Waals surface area contributed by atoms with Crippen LogP contribution in [0.2, 0.25) is 0 Å². The first-order valence-corrected chi connectivity index (χ1v) is 5.21. The van der Waals surface area contributed by atoms with E-state index in [2.05, 4.69) is 19.9 Å². The molecular formula is C11H11N5O. The van der Waals surface area contributed by atoms with Gasteiger partial charge in [-0.25, -0.2) is 9.78 Å². The molecule has 1 aromatic carbocycles. The molecule has 1 unspecified atom stereocenters. The van der Waals surface area contributed by atoms with Crippen molar-refractivity contribution in [2.45, 2.75) is 6.04 Å². The summed E-state index contributed by atoms with van der Waals surface area (Å²) in [5.74, 6) is 0.697. The van der Waals surface area contributed by atoms with Crippen molar-refractivity contribution in [2.24, 2.45) is 5.73 Å². The second-order valence-electron chi connectivity index (χ2n) is 3.84. The number of hydrogen-bond donors (Lipinski definition) is 4. The minimum atomic E-state index is -0.326. The molecule has 17 heavy (non-hydrogen) atoms. The fourth-order valence-corrected chi connectivity index (χ4v) is 1.85. The Morgan fingerprint density at radius 2 is 2.06 bits per heavy atom. The lowest BCUT2D eigenvalue weighted by atomic mass is 10.1. The first-order chi connectivity index (χ1) is 8.24. The molecule has 86 valence electrons. The van der Waals surface area contributed by atoms with Crippen LogP contribution < -0.4 is 11.4 Å². The highest BCUT2D eigenvalue weighted by molar-refractivity contribution is 5.75.